The Morgan fingerprint density at radius 2 is 2.23 bits per heavy atom. The molecule has 0 bridgehead atoms. The number of amides is 1. The van der Waals surface area contributed by atoms with Gasteiger partial charge in [-0.2, -0.15) is 5.26 Å². The van der Waals surface area contributed by atoms with Crippen LogP contribution in [0.3, 0.4) is 0 Å². The number of carbonyl (C=O) groups excluding carboxylic acids is 1. The monoisotopic (exact) mass is 359 g/mol. The van der Waals surface area contributed by atoms with E-state index in [0.29, 0.717) is 30.3 Å². The van der Waals surface area contributed by atoms with E-state index in [0.717, 1.165) is 19.4 Å². The van der Waals surface area contributed by atoms with E-state index >= 15 is 0 Å². The maximum absolute atomic E-state index is 12.3. The second kappa shape index (κ2) is 8.60. The number of nitriles is 1. The molecular weight excluding hydrogens is 334 g/mol. The largest absolute Gasteiger partial charge is 0.388 e. The van der Waals surface area contributed by atoms with Gasteiger partial charge in [-0.3, -0.25) is 9.69 Å². The van der Waals surface area contributed by atoms with Gasteiger partial charge in [0.05, 0.1) is 37.0 Å². The zero-order valence-electron chi connectivity index (χ0n) is 14.9. The van der Waals surface area contributed by atoms with Crippen LogP contribution in [-0.4, -0.2) is 73.6 Å². The minimum atomic E-state index is -0.749. The van der Waals surface area contributed by atoms with E-state index in [1.165, 1.54) is 0 Å². The van der Waals surface area contributed by atoms with E-state index in [9.17, 15) is 9.90 Å². The van der Waals surface area contributed by atoms with E-state index in [2.05, 4.69) is 10.2 Å². The maximum atomic E-state index is 12.3. The van der Waals surface area contributed by atoms with Crippen LogP contribution in [0.25, 0.3) is 0 Å². The van der Waals surface area contributed by atoms with Crippen LogP contribution in [0.1, 0.15) is 28.8 Å². The molecule has 7 heteroatoms. The van der Waals surface area contributed by atoms with E-state index in [4.69, 9.17) is 14.7 Å². The second-order valence-electron chi connectivity index (χ2n) is 6.88. The molecule has 1 aromatic carbocycles. The number of carbonyl (C=O) groups is 1. The molecule has 2 aliphatic rings. The van der Waals surface area contributed by atoms with Gasteiger partial charge < -0.3 is 19.9 Å². The number of hydrogen-bond donors (Lipinski definition) is 2. The molecule has 4 unspecified atom stereocenters. The molecule has 1 amide bonds. The molecule has 140 valence electrons. The van der Waals surface area contributed by atoms with Crippen molar-refractivity contribution in [1.29, 1.82) is 5.26 Å². The summed E-state index contributed by atoms with van der Waals surface area (Å²) >= 11 is 0. The lowest BCUT2D eigenvalue weighted by Gasteiger charge is -2.28. The van der Waals surface area contributed by atoms with Crippen molar-refractivity contribution in [2.45, 2.75) is 37.1 Å². The molecule has 7 nitrogen and oxygen atoms in total. The van der Waals surface area contributed by atoms with E-state index in [-0.39, 0.29) is 18.6 Å². The minimum absolute atomic E-state index is 0.277. The molecule has 0 radical (unpaired) electrons. The first-order valence-electron chi connectivity index (χ1n) is 8.96. The maximum Gasteiger partial charge on any atom is 0.251 e. The Labute approximate surface area is 153 Å². The highest BCUT2D eigenvalue weighted by molar-refractivity contribution is 5.94. The van der Waals surface area contributed by atoms with Crippen LogP contribution in [0.2, 0.25) is 0 Å². The quantitative estimate of drug-likeness (QED) is 0.769. The lowest BCUT2D eigenvalue weighted by Crippen LogP contribution is -2.47. The van der Waals surface area contributed by atoms with Gasteiger partial charge in [-0.25, -0.2) is 0 Å². The second-order valence-corrected chi connectivity index (χ2v) is 6.88. The fourth-order valence-corrected chi connectivity index (χ4v) is 3.67. The Morgan fingerprint density at radius 1 is 1.46 bits per heavy atom. The lowest BCUT2D eigenvalue weighted by molar-refractivity contribution is 0.00456. The van der Waals surface area contributed by atoms with Crippen LogP contribution in [0.5, 0.6) is 0 Å². The number of ether oxygens (including phenoxy) is 2. The van der Waals surface area contributed by atoms with E-state index in [1.54, 1.807) is 31.4 Å². The Kier molecular flexibility index (Phi) is 6.22. The summed E-state index contributed by atoms with van der Waals surface area (Å²) in [5.74, 6) is -0.277. The van der Waals surface area contributed by atoms with Crippen LogP contribution >= 0.6 is 0 Å². The van der Waals surface area contributed by atoms with Crippen molar-refractivity contribution < 1.29 is 19.4 Å². The van der Waals surface area contributed by atoms with Crippen molar-refractivity contribution in [3.8, 4) is 6.07 Å². The van der Waals surface area contributed by atoms with E-state index in [1.807, 2.05) is 6.07 Å². The number of nitrogens with zero attached hydrogens (tertiary/aromatic N) is 2. The van der Waals surface area contributed by atoms with E-state index < -0.39 is 12.1 Å². The average Bonchev–Trinajstić information content (AvgIpc) is 3.24. The third kappa shape index (κ3) is 4.22. The van der Waals surface area contributed by atoms with Gasteiger partial charge in [0.1, 0.15) is 6.10 Å². The highest BCUT2D eigenvalue weighted by Crippen LogP contribution is 2.22. The van der Waals surface area contributed by atoms with Crippen LogP contribution < -0.4 is 5.32 Å². The Balaban J connectivity index is 1.54. The predicted molar refractivity (Wildman–Crippen MR) is 94.6 cm³/mol. The molecular formula is C19H25N3O4. The number of benzene rings is 1. The zero-order valence-corrected chi connectivity index (χ0v) is 14.9. The normalized spacial score (nSPS) is 28.8. The van der Waals surface area contributed by atoms with Gasteiger partial charge >= 0.3 is 0 Å². The molecule has 0 saturated carbocycles. The molecule has 0 spiro atoms. The molecule has 0 aliphatic carbocycles. The highest BCUT2D eigenvalue weighted by atomic mass is 16.5. The van der Waals surface area contributed by atoms with Crippen molar-refractivity contribution in [2.24, 2.45) is 0 Å². The summed E-state index contributed by atoms with van der Waals surface area (Å²) in [5, 5.41) is 22.2. The fourth-order valence-electron chi connectivity index (χ4n) is 3.67. The van der Waals surface area contributed by atoms with Crippen LogP contribution in [0.15, 0.2) is 24.3 Å². The number of aliphatic hydroxyl groups excluding tert-OH is 1. The summed E-state index contributed by atoms with van der Waals surface area (Å²) < 4.78 is 11.0. The number of methoxy groups -OCH3 is 1. The van der Waals surface area contributed by atoms with Gasteiger partial charge in [-0.1, -0.05) is 0 Å². The molecule has 1 aromatic rings. The number of aliphatic hydroxyl groups is 1. The summed E-state index contributed by atoms with van der Waals surface area (Å²) in [7, 11) is 1.70. The van der Waals surface area contributed by atoms with Crippen LogP contribution in [0.4, 0.5) is 0 Å². The number of likely N-dealkylation sites (tertiary alicyclic amines) is 1. The molecule has 2 N–H and O–H groups in total. The molecule has 2 fully saturated rings. The van der Waals surface area contributed by atoms with Gasteiger partial charge in [-0.15, -0.1) is 0 Å². The van der Waals surface area contributed by atoms with Crippen LogP contribution in [-0.2, 0) is 9.47 Å². The molecule has 3 rings (SSSR count). The molecule has 2 heterocycles. The molecule has 26 heavy (non-hydrogen) atoms. The summed E-state index contributed by atoms with van der Waals surface area (Å²) in [5.41, 5.74) is 0.960. The molecule has 4 atom stereocenters. The van der Waals surface area contributed by atoms with Gasteiger partial charge in [0.25, 0.3) is 5.91 Å². The number of rotatable bonds is 6. The first-order chi connectivity index (χ1) is 12.6. The van der Waals surface area contributed by atoms with Crippen molar-refractivity contribution in [3.05, 3.63) is 35.4 Å². The Bertz CT molecular complexity index is 658. The van der Waals surface area contributed by atoms with Gasteiger partial charge in [0.15, 0.2) is 0 Å². The minimum Gasteiger partial charge on any atom is -0.388 e. The Morgan fingerprint density at radius 3 is 2.92 bits per heavy atom. The van der Waals surface area contributed by atoms with Gasteiger partial charge in [0.2, 0.25) is 0 Å². The first-order valence-corrected chi connectivity index (χ1v) is 8.96. The van der Waals surface area contributed by atoms with Gasteiger partial charge in [0, 0.05) is 25.3 Å². The smallest absolute Gasteiger partial charge is 0.251 e. The van der Waals surface area contributed by atoms with Gasteiger partial charge in [-0.05, 0) is 43.7 Å². The summed E-state index contributed by atoms with van der Waals surface area (Å²) in [4.78, 5) is 14.6. The van der Waals surface area contributed by atoms with Crippen LogP contribution in [0, 0.1) is 11.3 Å². The highest BCUT2D eigenvalue weighted by Gasteiger charge is 2.39. The fraction of sp³-hybridized carbons (Fsp3) is 0.579. The summed E-state index contributed by atoms with van der Waals surface area (Å²) in [6.07, 6.45) is 1.14. The third-order valence-corrected chi connectivity index (χ3v) is 5.15. The number of nitrogens with one attached hydrogen (secondary N) is 1. The van der Waals surface area contributed by atoms with Crippen molar-refractivity contribution >= 4 is 5.91 Å². The predicted octanol–water partition coefficient (Wildman–Crippen LogP) is 0.527. The van der Waals surface area contributed by atoms with Crippen molar-refractivity contribution in [3.63, 3.8) is 0 Å². The SMILES string of the molecule is COCC1CCCN1CC1OCC(NC(=O)c2ccc(C#N)cc2)C1O. The van der Waals surface area contributed by atoms with Crippen molar-refractivity contribution in [1.82, 2.24) is 10.2 Å². The first kappa shape index (κ1) is 18.8. The molecule has 2 aliphatic heterocycles. The zero-order chi connectivity index (χ0) is 18.5. The molecule has 0 aromatic heterocycles. The standard InChI is InChI=1S/C19H25N3O4/c1-25-11-15-3-2-8-22(15)10-17-18(23)16(12-26-17)21-19(24)14-6-4-13(9-20)5-7-14/h4-7,15-18,23H,2-3,8,10-12H2,1H3,(H,21,24). The average molecular weight is 359 g/mol. The van der Waals surface area contributed by atoms with Crippen molar-refractivity contribution in [2.75, 3.05) is 33.4 Å². The number of hydrogen-bond acceptors (Lipinski definition) is 6. The Hall–Kier alpha value is -1.98. The molecule has 2 saturated heterocycles. The lowest BCUT2D eigenvalue weighted by atomic mass is 10.1. The summed E-state index contributed by atoms with van der Waals surface area (Å²) in [6, 6.07) is 8.35. The summed E-state index contributed by atoms with van der Waals surface area (Å²) in [6.45, 7) is 2.58. The topological polar surface area (TPSA) is 94.8 Å². The third-order valence-electron chi connectivity index (χ3n) is 5.15.